The Labute approximate surface area is 168 Å². The standard InChI is InChI=1S/C22H23FN2O4/c1-13-9-19(28-3)20(29-4)11-15(13)10-18(26)17-12-25(2)22(27)24-21(17)14-5-7-16(23)8-6-14/h5-9,11-12,21H,10H2,1-4H3,(H,24,27). The number of ether oxygens (including phenoxy) is 2. The fourth-order valence-corrected chi connectivity index (χ4v) is 3.28. The molecule has 1 N–H and O–H groups in total. The highest BCUT2D eigenvalue weighted by molar-refractivity contribution is 6.00. The lowest BCUT2D eigenvalue weighted by atomic mass is 9.91. The minimum absolute atomic E-state index is 0.124. The number of ketones is 1. The van der Waals surface area contributed by atoms with Gasteiger partial charge in [0.25, 0.3) is 0 Å². The molecule has 0 bridgehead atoms. The van der Waals surface area contributed by atoms with E-state index in [1.54, 1.807) is 32.4 Å². The number of rotatable bonds is 6. The van der Waals surface area contributed by atoms with Crippen molar-refractivity contribution in [3.05, 3.63) is 70.7 Å². The second-order valence-corrected chi connectivity index (χ2v) is 6.86. The minimum atomic E-state index is -0.646. The zero-order valence-corrected chi connectivity index (χ0v) is 16.8. The summed E-state index contributed by atoms with van der Waals surface area (Å²) in [7, 11) is 4.67. The zero-order valence-electron chi connectivity index (χ0n) is 16.8. The molecular formula is C22H23FN2O4. The molecule has 1 aliphatic rings. The summed E-state index contributed by atoms with van der Waals surface area (Å²) in [5.74, 6) is 0.598. The number of aryl methyl sites for hydroxylation is 1. The summed E-state index contributed by atoms with van der Waals surface area (Å²) < 4.78 is 24.0. The van der Waals surface area contributed by atoms with Crippen LogP contribution in [0.15, 0.2) is 48.2 Å². The van der Waals surface area contributed by atoms with E-state index in [0.29, 0.717) is 22.6 Å². The Kier molecular flexibility index (Phi) is 5.87. The second-order valence-electron chi connectivity index (χ2n) is 6.86. The van der Waals surface area contributed by atoms with Crippen LogP contribution in [0.2, 0.25) is 0 Å². The fourth-order valence-electron chi connectivity index (χ4n) is 3.28. The lowest BCUT2D eigenvalue weighted by Gasteiger charge is -2.30. The summed E-state index contributed by atoms with van der Waals surface area (Å²) in [5, 5.41) is 2.80. The molecule has 3 rings (SSSR count). The van der Waals surface area contributed by atoms with Gasteiger partial charge in [-0.05, 0) is 47.9 Å². The molecule has 1 aliphatic heterocycles. The lowest BCUT2D eigenvalue weighted by molar-refractivity contribution is -0.115. The highest BCUT2D eigenvalue weighted by Crippen LogP contribution is 2.32. The highest BCUT2D eigenvalue weighted by atomic mass is 19.1. The number of carbonyl (C=O) groups is 2. The first-order valence-electron chi connectivity index (χ1n) is 9.09. The summed E-state index contributed by atoms with van der Waals surface area (Å²) in [6.45, 7) is 1.89. The van der Waals surface area contributed by atoms with Crippen LogP contribution < -0.4 is 14.8 Å². The highest BCUT2D eigenvalue weighted by Gasteiger charge is 2.30. The number of Topliss-reactive ketones (excluding diaryl/α,β-unsaturated/α-hetero) is 1. The van der Waals surface area contributed by atoms with Crippen molar-refractivity contribution in [2.45, 2.75) is 19.4 Å². The molecule has 1 heterocycles. The van der Waals surface area contributed by atoms with Crippen LogP contribution in [0.3, 0.4) is 0 Å². The number of hydrogen-bond donors (Lipinski definition) is 1. The molecule has 0 saturated carbocycles. The first kappa shape index (κ1) is 20.4. The van der Waals surface area contributed by atoms with Crippen LogP contribution >= 0.6 is 0 Å². The van der Waals surface area contributed by atoms with E-state index in [1.165, 1.54) is 30.3 Å². The van der Waals surface area contributed by atoms with Crippen molar-refractivity contribution in [1.29, 1.82) is 0 Å². The summed E-state index contributed by atoms with van der Waals surface area (Å²) >= 11 is 0. The summed E-state index contributed by atoms with van der Waals surface area (Å²) in [6.07, 6.45) is 1.66. The third kappa shape index (κ3) is 4.23. The summed E-state index contributed by atoms with van der Waals surface area (Å²) in [5.41, 5.74) is 2.75. The molecule has 0 aliphatic carbocycles. The molecule has 152 valence electrons. The molecule has 0 fully saturated rings. The van der Waals surface area contributed by atoms with Gasteiger partial charge in [-0.1, -0.05) is 12.1 Å². The van der Waals surface area contributed by atoms with E-state index in [-0.39, 0.29) is 24.1 Å². The molecule has 7 heteroatoms. The smallest absolute Gasteiger partial charge is 0.321 e. The van der Waals surface area contributed by atoms with Gasteiger partial charge in [0.2, 0.25) is 0 Å². The Hall–Kier alpha value is -3.35. The monoisotopic (exact) mass is 398 g/mol. The Balaban J connectivity index is 1.94. The molecule has 2 amide bonds. The van der Waals surface area contributed by atoms with Gasteiger partial charge in [0.1, 0.15) is 5.82 Å². The van der Waals surface area contributed by atoms with Crippen molar-refractivity contribution >= 4 is 11.8 Å². The number of nitrogens with one attached hydrogen (secondary N) is 1. The average Bonchev–Trinajstić information content (AvgIpc) is 2.71. The predicted molar refractivity (Wildman–Crippen MR) is 107 cm³/mol. The van der Waals surface area contributed by atoms with Gasteiger partial charge in [-0.3, -0.25) is 4.79 Å². The van der Waals surface area contributed by atoms with Crippen LogP contribution in [-0.2, 0) is 11.2 Å². The second kappa shape index (κ2) is 8.34. The van der Waals surface area contributed by atoms with E-state index in [9.17, 15) is 14.0 Å². The van der Waals surface area contributed by atoms with Crippen molar-refractivity contribution in [2.75, 3.05) is 21.3 Å². The number of carbonyl (C=O) groups excluding carboxylic acids is 2. The van der Waals surface area contributed by atoms with Gasteiger partial charge in [0.15, 0.2) is 17.3 Å². The predicted octanol–water partition coefficient (Wildman–Crippen LogP) is 3.54. The molecule has 2 aromatic rings. The Morgan fingerprint density at radius 2 is 1.76 bits per heavy atom. The van der Waals surface area contributed by atoms with E-state index in [4.69, 9.17) is 9.47 Å². The normalized spacial score (nSPS) is 16.2. The van der Waals surface area contributed by atoms with Gasteiger partial charge < -0.3 is 19.7 Å². The van der Waals surface area contributed by atoms with E-state index < -0.39 is 6.04 Å². The number of hydrogen-bond acceptors (Lipinski definition) is 4. The number of nitrogens with zero attached hydrogens (tertiary/aromatic N) is 1. The van der Waals surface area contributed by atoms with Crippen molar-refractivity contribution in [2.24, 2.45) is 0 Å². The van der Waals surface area contributed by atoms with E-state index in [0.717, 1.165) is 11.1 Å². The Bertz CT molecular complexity index is 970. The largest absolute Gasteiger partial charge is 0.493 e. The van der Waals surface area contributed by atoms with Crippen molar-refractivity contribution < 1.29 is 23.5 Å². The number of methoxy groups -OCH3 is 2. The molecule has 0 saturated heterocycles. The Morgan fingerprint density at radius 1 is 1.14 bits per heavy atom. The minimum Gasteiger partial charge on any atom is -0.493 e. The summed E-state index contributed by atoms with van der Waals surface area (Å²) in [6, 6.07) is 8.36. The fraction of sp³-hybridized carbons (Fsp3) is 0.273. The van der Waals surface area contributed by atoms with Gasteiger partial charge in [-0.2, -0.15) is 0 Å². The molecule has 29 heavy (non-hydrogen) atoms. The number of amides is 2. The van der Waals surface area contributed by atoms with Crippen molar-refractivity contribution in [1.82, 2.24) is 10.2 Å². The Morgan fingerprint density at radius 3 is 2.38 bits per heavy atom. The lowest BCUT2D eigenvalue weighted by Crippen LogP contribution is -2.43. The van der Waals surface area contributed by atoms with Crippen LogP contribution in [-0.4, -0.2) is 38.0 Å². The average molecular weight is 398 g/mol. The van der Waals surface area contributed by atoms with E-state index in [1.807, 2.05) is 13.0 Å². The molecule has 6 nitrogen and oxygen atoms in total. The van der Waals surface area contributed by atoms with Gasteiger partial charge in [0.05, 0.1) is 20.3 Å². The quantitative estimate of drug-likeness (QED) is 0.808. The zero-order chi connectivity index (χ0) is 21.1. The maximum atomic E-state index is 13.3. The third-order valence-corrected chi connectivity index (χ3v) is 4.95. The summed E-state index contributed by atoms with van der Waals surface area (Å²) in [4.78, 5) is 26.6. The number of urea groups is 1. The van der Waals surface area contributed by atoms with Crippen molar-refractivity contribution in [3.8, 4) is 11.5 Å². The molecular weight excluding hydrogens is 375 g/mol. The van der Waals surface area contributed by atoms with Crippen LogP contribution in [0.1, 0.15) is 22.7 Å². The van der Waals surface area contributed by atoms with Crippen LogP contribution in [0.4, 0.5) is 9.18 Å². The molecule has 1 atom stereocenters. The van der Waals surface area contributed by atoms with E-state index in [2.05, 4.69) is 5.32 Å². The molecule has 0 aromatic heterocycles. The van der Waals surface area contributed by atoms with Gasteiger partial charge in [-0.15, -0.1) is 0 Å². The van der Waals surface area contributed by atoms with Gasteiger partial charge in [-0.25, -0.2) is 9.18 Å². The molecule has 1 unspecified atom stereocenters. The van der Waals surface area contributed by atoms with Gasteiger partial charge >= 0.3 is 6.03 Å². The maximum Gasteiger partial charge on any atom is 0.321 e. The first-order valence-corrected chi connectivity index (χ1v) is 9.09. The number of halogens is 1. The van der Waals surface area contributed by atoms with Crippen LogP contribution in [0, 0.1) is 12.7 Å². The molecule has 0 radical (unpaired) electrons. The van der Waals surface area contributed by atoms with Gasteiger partial charge in [0, 0.05) is 25.2 Å². The SMILES string of the molecule is COc1cc(C)c(CC(=O)C2=CN(C)C(=O)NC2c2ccc(F)cc2)cc1OC. The maximum absolute atomic E-state index is 13.3. The third-order valence-electron chi connectivity index (χ3n) is 4.95. The van der Waals surface area contributed by atoms with Crippen LogP contribution in [0.25, 0.3) is 0 Å². The first-order chi connectivity index (χ1) is 13.8. The molecule has 0 spiro atoms. The van der Waals surface area contributed by atoms with Crippen molar-refractivity contribution in [3.63, 3.8) is 0 Å². The number of benzene rings is 2. The molecule has 2 aromatic carbocycles. The topological polar surface area (TPSA) is 67.9 Å². The van der Waals surface area contributed by atoms with Crippen LogP contribution in [0.5, 0.6) is 11.5 Å². The van der Waals surface area contributed by atoms with E-state index >= 15 is 0 Å².